The number of aromatic nitrogens is 1. The van der Waals surface area contributed by atoms with E-state index in [-0.39, 0.29) is 5.78 Å². The second kappa shape index (κ2) is 8.75. The van der Waals surface area contributed by atoms with Gasteiger partial charge in [-0.3, -0.25) is 9.78 Å². The van der Waals surface area contributed by atoms with Crippen molar-refractivity contribution in [2.45, 2.75) is 31.8 Å². The van der Waals surface area contributed by atoms with E-state index in [0.29, 0.717) is 16.7 Å². The predicted octanol–water partition coefficient (Wildman–Crippen LogP) is 5.89. The number of hydrogen-bond donors (Lipinski definition) is 0. The van der Waals surface area contributed by atoms with Crippen LogP contribution in [0, 0.1) is 0 Å². The third-order valence-corrected chi connectivity index (χ3v) is 6.00. The molecule has 0 fully saturated rings. The van der Waals surface area contributed by atoms with Gasteiger partial charge in [-0.1, -0.05) is 78.9 Å². The fourth-order valence-electron chi connectivity index (χ4n) is 4.43. The highest BCUT2D eigenvalue weighted by Gasteiger charge is 2.30. The van der Waals surface area contributed by atoms with E-state index >= 15 is 0 Å². The monoisotopic (exact) mass is 421 g/mol. The zero-order valence-corrected chi connectivity index (χ0v) is 17.7. The van der Waals surface area contributed by atoms with Crippen molar-refractivity contribution in [3.05, 3.63) is 113 Å². The van der Waals surface area contributed by atoms with Crippen LogP contribution < -0.4 is 0 Å². The van der Waals surface area contributed by atoms with Crippen LogP contribution in [0.3, 0.4) is 0 Å². The Balaban J connectivity index is 1.59. The van der Waals surface area contributed by atoms with Crippen LogP contribution in [-0.4, -0.2) is 16.7 Å². The van der Waals surface area contributed by atoms with Crippen molar-refractivity contribution >= 4 is 22.7 Å². The summed E-state index contributed by atoms with van der Waals surface area (Å²) >= 11 is 0. The number of carbonyl (C=O) groups excluding carboxylic acids is 2. The topological polar surface area (TPSA) is 56.3 Å². The molecule has 1 aromatic heterocycles. The molecule has 0 saturated heterocycles. The fourth-order valence-corrected chi connectivity index (χ4v) is 4.43. The van der Waals surface area contributed by atoms with Gasteiger partial charge in [0.15, 0.2) is 6.10 Å². The Morgan fingerprint density at radius 1 is 0.781 bits per heavy atom. The van der Waals surface area contributed by atoms with Crippen LogP contribution in [0.5, 0.6) is 0 Å². The molecule has 4 aromatic rings. The van der Waals surface area contributed by atoms with Gasteiger partial charge in [0.25, 0.3) is 0 Å². The van der Waals surface area contributed by atoms with Crippen molar-refractivity contribution in [3.8, 4) is 0 Å². The molecule has 0 aliphatic heterocycles. The van der Waals surface area contributed by atoms with Gasteiger partial charge in [-0.05, 0) is 37.3 Å². The van der Waals surface area contributed by atoms with Crippen molar-refractivity contribution in [3.63, 3.8) is 0 Å². The van der Waals surface area contributed by atoms with Crippen LogP contribution in [0.4, 0.5) is 0 Å². The van der Waals surface area contributed by atoms with Gasteiger partial charge in [0, 0.05) is 22.2 Å². The second-order valence-electron chi connectivity index (χ2n) is 8.06. The summed E-state index contributed by atoms with van der Waals surface area (Å²) in [7, 11) is 0. The molecule has 1 atom stereocenters. The SMILES string of the molecule is O=C(O[C@@H](C(=O)c1ccccc1)c1ccccc1)c1c2c(nc3ccccc13)CCCC2. The number of nitrogens with zero attached hydrogens (tertiary/aromatic N) is 1. The van der Waals surface area contributed by atoms with E-state index in [1.54, 1.807) is 12.1 Å². The minimum absolute atomic E-state index is 0.239. The van der Waals surface area contributed by atoms with Gasteiger partial charge in [-0.2, -0.15) is 0 Å². The third-order valence-electron chi connectivity index (χ3n) is 6.00. The summed E-state index contributed by atoms with van der Waals surface area (Å²) < 4.78 is 6.00. The number of aryl methyl sites for hydroxylation is 1. The molecule has 0 bridgehead atoms. The van der Waals surface area contributed by atoms with E-state index in [1.165, 1.54) is 0 Å². The number of rotatable bonds is 5. The first kappa shape index (κ1) is 20.1. The average molecular weight is 421 g/mol. The molecule has 0 amide bonds. The summed E-state index contributed by atoms with van der Waals surface area (Å²) in [6, 6.07) is 25.8. The molecule has 1 aliphatic carbocycles. The zero-order chi connectivity index (χ0) is 21.9. The summed E-state index contributed by atoms with van der Waals surface area (Å²) in [5.41, 5.74) is 4.42. The van der Waals surface area contributed by atoms with E-state index in [0.717, 1.165) is 47.8 Å². The van der Waals surface area contributed by atoms with Crippen molar-refractivity contribution in [1.82, 2.24) is 4.98 Å². The predicted molar refractivity (Wildman–Crippen MR) is 124 cm³/mol. The number of fused-ring (bicyclic) bond motifs is 2. The number of ketones is 1. The van der Waals surface area contributed by atoms with E-state index in [2.05, 4.69) is 0 Å². The van der Waals surface area contributed by atoms with Crippen molar-refractivity contribution < 1.29 is 14.3 Å². The van der Waals surface area contributed by atoms with Gasteiger partial charge < -0.3 is 4.74 Å². The summed E-state index contributed by atoms with van der Waals surface area (Å²) in [6.45, 7) is 0. The van der Waals surface area contributed by atoms with Gasteiger partial charge in [-0.15, -0.1) is 0 Å². The van der Waals surface area contributed by atoms with Crippen LogP contribution in [0.1, 0.15) is 56.5 Å². The molecule has 5 rings (SSSR count). The van der Waals surface area contributed by atoms with Crippen molar-refractivity contribution in [1.29, 1.82) is 0 Å². The van der Waals surface area contributed by atoms with Crippen LogP contribution in [0.25, 0.3) is 10.9 Å². The van der Waals surface area contributed by atoms with E-state index in [1.807, 2.05) is 72.8 Å². The summed E-state index contributed by atoms with van der Waals surface area (Å²) in [5.74, 6) is -0.711. The number of carbonyl (C=O) groups is 2. The van der Waals surface area contributed by atoms with Crippen molar-refractivity contribution in [2.24, 2.45) is 0 Å². The minimum Gasteiger partial charge on any atom is -0.445 e. The zero-order valence-electron chi connectivity index (χ0n) is 17.7. The lowest BCUT2D eigenvalue weighted by Crippen LogP contribution is -2.22. The molecular weight excluding hydrogens is 398 g/mol. The Hall–Kier alpha value is -3.79. The average Bonchev–Trinajstić information content (AvgIpc) is 2.86. The Morgan fingerprint density at radius 3 is 2.22 bits per heavy atom. The lowest BCUT2D eigenvalue weighted by Gasteiger charge is -2.22. The standard InChI is InChI=1S/C28H23NO3/c30-26(19-11-3-1-4-12-19)27(20-13-5-2-6-14-20)32-28(31)25-21-15-7-9-17-23(21)29-24-18-10-8-16-22(24)25/h1-7,9,11-15,17,27H,8,10,16,18H2/t27-/m1/s1. The maximum atomic E-state index is 13.6. The third kappa shape index (κ3) is 3.80. The number of esters is 1. The van der Waals surface area contributed by atoms with E-state index in [9.17, 15) is 9.59 Å². The van der Waals surface area contributed by atoms with E-state index < -0.39 is 12.1 Å². The normalized spacial score (nSPS) is 13.9. The molecule has 0 N–H and O–H groups in total. The largest absolute Gasteiger partial charge is 0.445 e. The second-order valence-corrected chi connectivity index (χ2v) is 8.06. The molecule has 4 nitrogen and oxygen atoms in total. The first-order chi connectivity index (χ1) is 15.7. The van der Waals surface area contributed by atoms with Gasteiger partial charge in [0.1, 0.15) is 0 Å². The molecule has 3 aromatic carbocycles. The van der Waals surface area contributed by atoms with Gasteiger partial charge >= 0.3 is 5.97 Å². The Bertz CT molecular complexity index is 1280. The molecule has 1 aliphatic rings. The lowest BCUT2D eigenvalue weighted by atomic mass is 9.89. The maximum Gasteiger partial charge on any atom is 0.340 e. The molecular formula is C28H23NO3. The van der Waals surface area contributed by atoms with E-state index in [4.69, 9.17) is 9.72 Å². The molecule has 0 unspecified atom stereocenters. The molecule has 32 heavy (non-hydrogen) atoms. The van der Waals surface area contributed by atoms with Crippen LogP contribution >= 0.6 is 0 Å². The number of ether oxygens (including phenoxy) is 1. The number of Topliss-reactive ketones (excluding diaryl/α,β-unsaturated/α-hetero) is 1. The molecule has 0 radical (unpaired) electrons. The quantitative estimate of drug-likeness (QED) is 0.298. The van der Waals surface area contributed by atoms with Crippen LogP contribution in [0.15, 0.2) is 84.9 Å². The summed E-state index contributed by atoms with van der Waals surface area (Å²) in [6.07, 6.45) is 2.70. The minimum atomic E-state index is -1.02. The first-order valence-corrected chi connectivity index (χ1v) is 11.0. The number of pyridine rings is 1. The highest BCUT2D eigenvalue weighted by atomic mass is 16.5. The van der Waals surface area contributed by atoms with Crippen LogP contribution in [-0.2, 0) is 17.6 Å². The van der Waals surface area contributed by atoms with Gasteiger partial charge in [-0.25, -0.2) is 4.79 Å². The molecule has 158 valence electrons. The Kier molecular flexibility index (Phi) is 5.51. The molecule has 1 heterocycles. The highest BCUT2D eigenvalue weighted by Crippen LogP contribution is 2.32. The molecule has 4 heteroatoms. The Labute approximate surface area is 186 Å². The number of para-hydroxylation sites is 1. The van der Waals surface area contributed by atoms with Gasteiger partial charge in [0.2, 0.25) is 5.78 Å². The summed E-state index contributed by atoms with van der Waals surface area (Å²) in [4.78, 5) is 31.8. The first-order valence-electron chi connectivity index (χ1n) is 11.0. The maximum absolute atomic E-state index is 13.6. The lowest BCUT2D eigenvalue weighted by molar-refractivity contribution is 0.0280. The Morgan fingerprint density at radius 2 is 1.44 bits per heavy atom. The summed E-state index contributed by atoms with van der Waals surface area (Å²) in [5, 5.41) is 0.775. The van der Waals surface area contributed by atoms with Gasteiger partial charge in [0.05, 0.1) is 11.1 Å². The molecule has 0 spiro atoms. The number of hydrogen-bond acceptors (Lipinski definition) is 4. The van der Waals surface area contributed by atoms with Crippen molar-refractivity contribution in [2.75, 3.05) is 0 Å². The fraction of sp³-hybridized carbons (Fsp3) is 0.179. The number of benzene rings is 3. The van der Waals surface area contributed by atoms with Crippen LogP contribution in [0.2, 0.25) is 0 Å². The smallest absolute Gasteiger partial charge is 0.340 e. The highest BCUT2D eigenvalue weighted by molar-refractivity contribution is 6.07. The molecule has 0 saturated carbocycles.